The van der Waals surface area contributed by atoms with Gasteiger partial charge in [-0.25, -0.2) is 13.2 Å². The number of aryl methyl sites for hydroxylation is 2. The van der Waals surface area contributed by atoms with Crippen molar-refractivity contribution < 1.29 is 27.3 Å². The van der Waals surface area contributed by atoms with Gasteiger partial charge in [0.15, 0.2) is 0 Å². The minimum Gasteiger partial charge on any atom is -0.465 e. The fraction of sp³-hybridized carbons (Fsp3) is 0.136. The molecule has 0 bridgehead atoms. The average Bonchev–Trinajstić information content (AvgIpc) is 3.09. The topological polar surface area (TPSA) is 129 Å². The van der Waals surface area contributed by atoms with E-state index in [2.05, 4.69) is 4.72 Å². The highest BCUT2D eigenvalue weighted by Gasteiger charge is 2.25. The minimum absolute atomic E-state index is 0.194. The molecule has 0 unspecified atom stereocenters. The van der Waals surface area contributed by atoms with E-state index in [4.69, 9.17) is 9.15 Å². The van der Waals surface area contributed by atoms with Crippen LogP contribution in [0, 0.1) is 24.0 Å². The lowest BCUT2D eigenvalue weighted by molar-refractivity contribution is -0.385. The van der Waals surface area contributed by atoms with Crippen LogP contribution in [0.1, 0.15) is 21.7 Å². The van der Waals surface area contributed by atoms with Crippen molar-refractivity contribution in [1.29, 1.82) is 0 Å². The molecule has 32 heavy (non-hydrogen) atoms. The van der Waals surface area contributed by atoms with Crippen LogP contribution in [0.25, 0.3) is 21.7 Å². The Hall–Kier alpha value is -3.92. The summed E-state index contributed by atoms with van der Waals surface area (Å²) < 4.78 is 39.4. The maximum atomic E-state index is 13.1. The van der Waals surface area contributed by atoms with Gasteiger partial charge in [0.2, 0.25) is 0 Å². The van der Waals surface area contributed by atoms with Gasteiger partial charge in [0, 0.05) is 27.8 Å². The maximum absolute atomic E-state index is 13.1. The minimum atomic E-state index is -4.18. The van der Waals surface area contributed by atoms with Crippen LogP contribution >= 0.6 is 0 Å². The van der Waals surface area contributed by atoms with Gasteiger partial charge in [-0.3, -0.25) is 14.8 Å². The Morgan fingerprint density at radius 1 is 1.06 bits per heavy atom. The molecule has 0 radical (unpaired) electrons. The quantitative estimate of drug-likeness (QED) is 0.263. The lowest BCUT2D eigenvalue weighted by Gasteiger charge is -2.12. The van der Waals surface area contributed by atoms with Gasteiger partial charge < -0.3 is 9.15 Å². The number of furan rings is 1. The number of nitro groups is 1. The molecule has 1 heterocycles. The number of methoxy groups -OCH3 is 1. The van der Waals surface area contributed by atoms with E-state index in [1.54, 1.807) is 31.2 Å². The molecule has 164 valence electrons. The number of benzene rings is 3. The van der Waals surface area contributed by atoms with Gasteiger partial charge in [-0.1, -0.05) is 30.3 Å². The number of nitro benzene ring substituents is 1. The van der Waals surface area contributed by atoms with Gasteiger partial charge in [-0.05, 0) is 26.0 Å². The number of anilines is 1. The van der Waals surface area contributed by atoms with E-state index in [0.717, 1.165) is 6.07 Å². The van der Waals surface area contributed by atoms with Crippen LogP contribution in [0.5, 0.6) is 0 Å². The molecule has 4 rings (SSSR count). The van der Waals surface area contributed by atoms with Crippen molar-refractivity contribution in [3.63, 3.8) is 0 Å². The zero-order chi connectivity index (χ0) is 23.2. The number of hydrogen-bond donors (Lipinski definition) is 1. The first-order valence-corrected chi connectivity index (χ1v) is 10.9. The third-order valence-corrected chi connectivity index (χ3v) is 6.56. The molecule has 0 saturated carbocycles. The van der Waals surface area contributed by atoms with Gasteiger partial charge in [0.1, 0.15) is 16.9 Å². The highest BCUT2D eigenvalue weighted by molar-refractivity contribution is 7.92. The zero-order valence-corrected chi connectivity index (χ0v) is 18.1. The third kappa shape index (κ3) is 3.44. The van der Waals surface area contributed by atoms with Crippen LogP contribution in [0.3, 0.4) is 0 Å². The molecule has 0 aliphatic heterocycles. The number of fused-ring (bicyclic) bond motifs is 3. The van der Waals surface area contributed by atoms with Crippen molar-refractivity contribution in [2.75, 3.05) is 11.8 Å². The lowest BCUT2D eigenvalue weighted by Crippen LogP contribution is -2.14. The molecule has 0 fully saturated rings. The number of rotatable bonds is 5. The Bertz CT molecular complexity index is 1520. The molecule has 9 nitrogen and oxygen atoms in total. The van der Waals surface area contributed by atoms with Gasteiger partial charge in [0.25, 0.3) is 15.7 Å². The van der Waals surface area contributed by atoms with Crippen molar-refractivity contribution in [3.8, 4) is 0 Å². The molecule has 0 spiro atoms. The summed E-state index contributed by atoms with van der Waals surface area (Å²) in [4.78, 5) is 22.7. The first-order chi connectivity index (χ1) is 15.1. The largest absolute Gasteiger partial charge is 0.465 e. The number of carbonyl (C=O) groups excluding carboxylic acids is 1. The monoisotopic (exact) mass is 454 g/mol. The van der Waals surface area contributed by atoms with Gasteiger partial charge in [0.05, 0.1) is 22.6 Å². The Morgan fingerprint density at radius 2 is 1.75 bits per heavy atom. The number of esters is 1. The molecule has 4 aromatic rings. The molecule has 0 aliphatic rings. The Morgan fingerprint density at radius 3 is 2.41 bits per heavy atom. The van der Waals surface area contributed by atoms with Crippen molar-refractivity contribution in [1.82, 2.24) is 0 Å². The molecule has 1 aromatic heterocycles. The van der Waals surface area contributed by atoms with E-state index in [9.17, 15) is 23.3 Å². The van der Waals surface area contributed by atoms with Gasteiger partial charge in [-0.15, -0.1) is 0 Å². The van der Waals surface area contributed by atoms with Crippen molar-refractivity contribution in [2.24, 2.45) is 0 Å². The summed E-state index contributed by atoms with van der Waals surface area (Å²) in [5.74, 6) is -0.273. The molecule has 0 amide bonds. The number of nitrogens with zero attached hydrogens (tertiary/aromatic N) is 1. The van der Waals surface area contributed by atoms with E-state index in [-0.39, 0.29) is 21.8 Å². The highest BCUT2D eigenvalue weighted by Crippen LogP contribution is 2.37. The second-order valence-corrected chi connectivity index (χ2v) is 8.86. The average molecular weight is 454 g/mol. The molecule has 10 heteroatoms. The first kappa shape index (κ1) is 21.3. The summed E-state index contributed by atoms with van der Waals surface area (Å²) >= 11 is 0. The Balaban J connectivity index is 1.93. The fourth-order valence-electron chi connectivity index (χ4n) is 3.64. The molecule has 0 saturated heterocycles. The molecule has 0 atom stereocenters. The number of nitrogens with one attached hydrogen (secondary N) is 1. The molecular formula is C22H18N2O7S. The summed E-state index contributed by atoms with van der Waals surface area (Å²) in [5, 5.41) is 12.8. The van der Waals surface area contributed by atoms with Crippen LogP contribution in [0.4, 0.5) is 11.4 Å². The fourth-order valence-corrected chi connectivity index (χ4v) is 4.73. The van der Waals surface area contributed by atoms with Crippen molar-refractivity contribution in [2.45, 2.75) is 18.7 Å². The van der Waals surface area contributed by atoms with E-state index < -0.39 is 20.9 Å². The smallest absolute Gasteiger partial charge is 0.342 e. The van der Waals surface area contributed by atoms with Crippen LogP contribution < -0.4 is 4.72 Å². The van der Waals surface area contributed by atoms with Gasteiger partial charge >= 0.3 is 5.97 Å². The number of carbonyl (C=O) groups is 1. The highest BCUT2D eigenvalue weighted by atomic mass is 32.2. The van der Waals surface area contributed by atoms with Crippen molar-refractivity contribution in [3.05, 3.63) is 75.5 Å². The second kappa shape index (κ2) is 7.65. The Labute approximate surface area is 182 Å². The molecular weight excluding hydrogens is 436 g/mol. The van der Waals surface area contributed by atoms with Gasteiger partial charge in [-0.2, -0.15) is 0 Å². The summed E-state index contributed by atoms with van der Waals surface area (Å²) in [6.07, 6.45) is 0. The van der Waals surface area contributed by atoms with Crippen LogP contribution in [-0.2, 0) is 14.8 Å². The molecule has 0 aliphatic carbocycles. The van der Waals surface area contributed by atoms with Crippen LogP contribution in [0.2, 0.25) is 0 Å². The Kier molecular flexibility index (Phi) is 5.09. The zero-order valence-electron chi connectivity index (χ0n) is 17.3. The molecule has 1 N–H and O–H groups in total. The molecule has 3 aromatic carbocycles. The van der Waals surface area contributed by atoms with E-state index in [0.29, 0.717) is 33.1 Å². The van der Waals surface area contributed by atoms with Crippen molar-refractivity contribution >= 4 is 49.1 Å². The van der Waals surface area contributed by atoms with Crippen LogP contribution in [-0.4, -0.2) is 26.4 Å². The number of ether oxygens (including phenoxy) is 1. The summed E-state index contributed by atoms with van der Waals surface area (Å²) in [5.41, 5.74) is 0.860. The van der Waals surface area contributed by atoms with E-state index >= 15 is 0 Å². The third-order valence-electron chi connectivity index (χ3n) is 5.19. The van der Waals surface area contributed by atoms with E-state index in [1.165, 1.54) is 32.2 Å². The number of hydrogen-bond acceptors (Lipinski definition) is 7. The predicted octanol–water partition coefficient (Wildman–Crippen LogP) is 4.70. The summed E-state index contributed by atoms with van der Waals surface area (Å²) in [6.45, 7) is 3.15. The predicted molar refractivity (Wildman–Crippen MR) is 118 cm³/mol. The standard InChI is InChI=1S/C22H18N2O7S/c1-12-8-9-14(10-19(12)24(26)27)32(28,29)23-18-11-17-20(22(25)30-3)13(2)31-21(17)16-7-5-4-6-15(16)18/h4-11,23H,1-3H3. The van der Waals surface area contributed by atoms with Crippen LogP contribution in [0.15, 0.2) is 57.8 Å². The SMILES string of the molecule is COC(=O)c1c(C)oc2c1cc(NS(=O)(=O)c1ccc(C)c([N+](=O)[O-])c1)c1ccccc12. The summed E-state index contributed by atoms with van der Waals surface area (Å²) in [6, 6.07) is 12.1. The normalized spacial score (nSPS) is 11.6. The lowest BCUT2D eigenvalue weighted by atomic mass is 10.0. The summed E-state index contributed by atoms with van der Waals surface area (Å²) in [7, 11) is -2.93. The first-order valence-electron chi connectivity index (χ1n) is 9.45. The number of sulfonamides is 1. The van der Waals surface area contributed by atoms with E-state index in [1.807, 2.05) is 0 Å². The second-order valence-electron chi connectivity index (χ2n) is 7.18. The maximum Gasteiger partial charge on any atom is 0.342 e.